The van der Waals surface area contributed by atoms with Crippen molar-refractivity contribution in [3.8, 4) is 0 Å². The van der Waals surface area contributed by atoms with E-state index in [-0.39, 0.29) is 5.54 Å². The van der Waals surface area contributed by atoms with Gasteiger partial charge in [0.05, 0.1) is 5.56 Å². The number of alkyl halides is 3. The van der Waals surface area contributed by atoms with Crippen LogP contribution in [0.1, 0.15) is 24.0 Å². The van der Waals surface area contributed by atoms with Crippen molar-refractivity contribution in [3.63, 3.8) is 0 Å². The summed E-state index contributed by atoms with van der Waals surface area (Å²) < 4.78 is 39.4. The highest BCUT2D eigenvalue weighted by Crippen LogP contribution is 2.54. The molecule has 3 rings (SSSR count). The molecule has 0 unspecified atom stereocenters. The quantitative estimate of drug-likeness (QED) is 0.888. The van der Waals surface area contributed by atoms with Gasteiger partial charge in [0.2, 0.25) is 0 Å². The molecule has 1 saturated carbocycles. The second kappa shape index (κ2) is 4.49. The first kappa shape index (κ1) is 12.9. The summed E-state index contributed by atoms with van der Waals surface area (Å²) in [6.45, 7) is 3.37. The smallest absolute Gasteiger partial charge is 0.314 e. The van der Waals surface area contributed by atoms with Crippen LogP contribution in [-0.4, -0.2) is 31.1 Å². The molecular weight excluding hydrogens is 253 g/mol. The fourth-order valence-corrected chi connectivity index (χ4v) is 3.10. The molecule has 2 nitrogen and oxygen atoms in total. The number of benzene rings is 1. The lowest BCUT2D eigenvalue weighted by Gasteiger charge is -2.36. The monoisotopic (exact) mass is 270 g/mol. The Morgan fingerprint density at radius 1 is 1.05 bits per heavy atom. The summed E-state index contributed by atoms with van der Waals surface area (Å²) in [5, 5.41) is 3.25. The van der Waals surface area contributed by atoms with Crippen LogP contribution in [-0.2, 0) is 11.7 Å². The molecule has 1 aliphatic heterocycles. The van der Waals surface area contributed by atoms with Crippen molar-refractivity contribution in [3.05, 3.63) is 35.4 Å². The molecule has 5 heteroatoms. The number of halogens is 3. The van der Waals surface area contributed by atoms with E-state index in [1.54, 1.807) is 12.1 Å². The van der Waals surface area contributed by atoms with Gasteiger partial charge in [-0.2, -0.15) is 13.2 Å². The van der Waals surface area contributed by atoms with Gasteiger partial charge in [-0.1, -0.05) is 18.2 Å². The van der Waals surface area contributed by atoms with Crippen LogP contribution in [0.25, 0.3) is 0 Å². The van der Waals surface area contributed by atoms with Gasteiger partial charge >= 0.3 is 6.18 Å². The van der Waals surface area contributed by atoms with E-state index in [0.29, 0.717) is 5.56 Å². The minimum atomic E-state index is -4.26. The molecule has 1 aliphatic carbocycles. The van der Waals surface area contributed by atoms with Gasteiger partial charge in [-0.3, -0.25) is 4.90 Å². The molecule has 0 radical (unpaired) electrons. The number of hydrogen-bond donors (Lipinski definition) is 1. The Kier molecular flexibility index (Phi) is 3.06. The number of piperazine rings is 1. The summed E-state index contributed by atoms with van der Waals surface area (Å²) in [4.78, 5) is 2.22. The predicted molar refractivity (Wildman–Crippen MR) is 66.8 cm³/mol. The zero-order valence-electron chi connectivity index (χ0n) is 10.6. The van der Waals surface area contributed by atoms with E-state index < -0.39 is 11.7 Å². The van der Waals surface area contributed by atoms with Crippen molar-refractivity contribution in [2.45, 2.75) is 24.6 Å². The van der Waals surface area contributed by atoms with Crippen LogP contribution in [0.4, 0.5) is 13.2 Å². The molecule has 1 aromatic carbocycles. The maximum absolute atomic E-state index is 13.1. The second-order valence-electron chi connectivity index (χ2n) is 5.31. The van der Waals surface area contributed by atoms with Crippen LogP contribution >= 0.6 is 0 Å². The third-order valence-corrected chi connectivity index (χ3v) is 4.18. The van der Waals surface area contributed by atoms with Gasteiger partial charge in [0.15, 0.2) is 0 Å². The molecule has 19 heavy (non-hydrogen) atoms. The first-order valence-corrected chi connectivity index (χ1v) is 6.66. The molecule has 0 bridgehead atoms. The van der Waals surface area contributed by atoms with E-state index in [2.05, 4.69) is 10.2 Å². The Hall–Kier alpha value is -1.07. The lowest BCUT2D eigenvalue weighted by Crippen LogP contribution is -2.49. The summed E-state index contributed by atoms with van der Waals surface area (Å²) in [6, 6.07) is 6.04. The molecule has 0 amide bonds. The standard InChI is InChI=1S/C14H17F3N2/c15-14(16,17)12-4-2-1-3-11(12)13(5-6-13)19-9-7-18-8-10-19/h1-4,18H,5-10H2. The van der Waals surface area contributed by atoms with Crippen LogP contribution in [0, 0.1) is 0 Å². The Morgan fingerprint density at radius 3 is 2.26 bits per heavy atom. The van der Waals surface area contributed by atoms with Gasteiger partial charge in [-0.15, -0.1) is 0 Å². The highest BCUT2D eigenvalue weighted by Gasteiger charge is 2.52. The molecule has 104 valence electrons. The van der Waals surface area contributed by atoms with Crippen molar-refractivity contribution < 1.29 is 13.2 Å². The Morgan fingerprint density at radius 2 is 1.68 bits per heavy atom. The van der Waals surface area contributed by atoms with Gasteiger partial charge in [-0.05, 0) is 24.5 Å². The van der Waals surface area contributed by atoms with Gasteiger partial charge in [-0.25, -0.2) is 0 Å². The number of nitrogens with one attached hydrogen (secondary N) is 1. The largest absolute Gasteiger partial charge is 0.416 e. The lowest BCUT2D eigenvalue weighted by molar-refractivity contribution is -0.139. The van der Waals surface area contributed by atoms with Crippen LogP contribution in [0.2, 0.25) is 0 Å². The molecule has 1 aromatic rings. The minimum absolute atomic E-state index is 0.367. The highest BCUT2D eigenvalue weighted by atomic mass is 19.4. The van der Waals surface area contributed by atoms with E-state index in [9.17, 15) is 13.2 Å². The molecule has 0 atom stereocenters. The molecule has 0 aromatic heterocycles. The predicted octanol–water partition coefficient (Wildman–Crippen LogP) is 2.60. The normalized spacial score (nSPS) is 23.3. The second-order valence-corrected chi connectivity index (χ2v) is 5.31. The zero-order chi connectivity index (χ0) is 13.5. The summed E-state index contributed by atoms with van der Waals surface area (Å²) in [7, 11) is 0. The van der Waals surface area contributed by atoms with Gasteiger partial charge in [0.1, 0.15) is 0 Å². The van der Waals surface area contributed by atoms with E-state index in [4.69, 9.17) is 0 Å². The number of rotatable bonds is 2. The van der Waals surface area contributed by atoms with E-state index in [0.717, 1.165) is 39.0 Å². The van der Waals surface area contributed by atoms with Gasteiger partial charge in [0.25, 0.3) is 0 Å². The van der Waals surface area contributed by atoms with Crippen LogP contribution in [0.5, 0.6) is 0 Å². The van der Waals surface area contributed by atoms with Crippen LogP contribution in [0.3, 0.4) is 0 Å². The van der Waals surface area contributed by atoms with E-state index in [1.165, 1.54) is 12.1 Å². The Balaban J connectivity index is 1.97. The third kappa shape index (κ3) is 2.25. The summed E-state index contributed by atoms with van der Waals surface area (Å²) >= 11 is 0. The summed E-state index contributed by atoms with van der Waals surface area (Å²) in [5.41, 5.74) is -0.371. The van der Waals surface area contributed by atoms with Gasteiger partial charge < -0.3 is 5.32 Å². The first-order valence-electron chi connectivity index (χ1n) is 6.66. The minimum Gasteiger partial charge on any atom is -0.314 e. The maximum atomic E-state index is 13.1. The van der Waals surface area contributed by atoms with Crippen molar-refractivity contribution in [2.24, 2.45) is 0 Å². The van der Waals surface area contributed by atoms with Crippen LogP contribution < -0.4 is 5.32 Å². The SMILES string of the molecule is FC(F)(F)c1ccccc1C1(N2CCNCC2)CC1. The first-order chi connectivity index (χ1) is 9.04. The van der Waals surface area contributed by atoms with E-state index >= 15 is 0 Å². The molecule has 1 heterocycles. The lowest BCUT2D eigenvalue weighted by atomic mass is 9.96. The van der Waals surface area contributed by atoms with Gasteiger partial charge in [0, 0.05) is 31.7 Å². The van der Waals surface area contributed by atoms with Crippen LogP contribution in [0.15, 0.2) is 24.3 Å². The van der Waals surface area contributed by atoms with Crippen molar-refractivity contribution >= 4 is 0 Å². The molecule has 1 N–H and O–H groups in total. The van der Waals surface area contributed by atoms with Crippen molar-refractivity contribution in [1.29, 1.82) is 0 Å². The summed E-state index contributed by atoms with van der Waals surface area (Å²) in [6.07, 6.45) is -2.60. The topological polar surface area (TPSA) is 15.3 Å². The Labute approximate surface area is 110 Å². The molecule has 1 saturated heterocycles. The summed E-state index contributed by atoms with van der Waals surface area (Å²) in [5.74, 6) is 0. The number of hydrogen-bond acceptors (Lipinski definition) is 2. The fraction of sp³-hybridized carbons (Fsp3) is 0.571. The Bertz CT molecular complexity index is 460. The number of nitrogens with zero attached hydrogens (tertiary/aromatic N) is 1. The molecule has 2 aliphatic rings. The third-order valence-electron chi connectivity index (χ3n) is 4.18. The zero-order valence-corrected chi connectivity index (χ0v) is 10.6. The fourth-order valence-electron chi connectivity index (χ4n) is 3.10. The molecule has 0 spiro atoms. The average Bonchev–Trinajstić information content (AvgIpc) is 3.20. The van der Waals surface area contributed by atoms with Crippen molar-refractivity contribution in [2.75, 3.05) is 26.2 Å². The van der Waals surface area contributed by atoms with Crippen molar-refractivity contribution in [1.82, 2.24) is 10.2 Å². The maximum Gasteiger partial charge on any atom is 0.416 e. The molecular formula is C14H17F3N2. The molecule has 2 fully saturated rings. The average molecular weight is 270 g/mol. The van der Waals surface area contributed by atoms with E-state index in [1.807, 2.05) is 0 Å². The highest BCUT2D eigenvalue weighted by molar-refractivity contribution is 5.39.